The van der Waals surface area contributed by atoms with Crippen LogP contribution in [0.25, 0.3) is 0 Å². The maximum Gasteiger partial charge on any atom is 0.573 e. The Hall–Kier alpha value is -1.23. The summed E-state index contributed by atoms with van der Waals surface area (Å²) in [5.74, 6) is -0.0996. The second-order valence-electron chi connectivity index (χ2n) is 3.87. The number of hydrogen-bond donors (Lipinski definition) is 1. The highest BCUT2D eigenvalue weighted by Crippen LogP contribution is 2.50. The molecule has 5 heteroatoms. The molecule has 1 N–H and O–H groups in total. The lowest BCUT2D eigenvalue weighted by atomic mass is 10.1. The summed E-state index contributed by atoms with van der Waals surface area (Å²) in [6.45, 7) is 0.00498. The average molecular weight is 232 g/mol. The van der Waals surface area contributed by atoms with Crippen molar-refractivity contribution in [1.82, 2.24) is 0 Å². The first kappa shape index (κ1) is 11.3. The molecule has 2 atom stereocenters. The number of aliphatic hydroxyl groups is 1. The Kier molecular flexibility index (Phi) is 2.80. The van der Waals surface area contributed by atoms with Crippen molar-refractivity contribution >= 4 is 0 Å². The lowest BCUT2D eigenvalue weighted by Crippen LogP contribution is -2.18. The second-order valence-corrected chi connectivity index (χ2v) is 3.87. The highest BCUT2D eigenvalue weighted by molar-refractivity contribution is 5.39. The second kappa shape index (κ2) is 3.97. The first-order valence-corrected chi connectivity index (χ1v) is 4.97. The molecule has 1 aromatic rings. The maximum absolute atomic E-state index is 12.1. The number of alkyl halides is 3. The van der Waals surface area contributed by atoms with E-state index in [4.69, 9.17) is 5.11 Å². The van der Waals surface area contributed by atoms with Gasteiger partial charge in [0, 0.05) is 6.61 Å². The molecule has 16 heavy (non-hydrogen) atoms. The predicted octanol–water partition coefficient (Wildman–Crippen LogP) is 2.68. The van der Waals surface area contributed by atoms with Crippen molar-refractivity contribution in [2.24, 2.45) is 5.92 Å². The minimum atomic E-state index is -4.67. The molecule has 88 valence electrons. The molecule has 0 spiro atoms. The molecule has 0 heterocycles. The van der Waals surface area contributed by atoms with Gasteiger partial charge in [0.1, 0.15) is 5.75 Å². The van der Waals surface area contributed by atoms with Crippen LogP contribution in [-0.4, -0.2) is 18.1 Å². The molecule has 1 aromatic carbocycles. The Morgan fingerprint density at radius 1 is 1.31 bits per heavy atom. The number of hydrogen-bond acceptors (Lipinski definition) is 2. The van der Waals surface area contributed by atoms with Gasteiger partial charge in [0.2, 0.25) is 0 Å². The lowest BCUT2D eigenvalue weighted by Gasteiger charge is -2.12. The number of rotatable bonds is 3. The molecule has 0 aromatic heterocycles. The standard InChI is InChI=1S/C11H11F3O2/c12-11(13,14)16-10-4-2-1-3-8(10)9-5-7(9)6-15/h1-4,7,9,15H,5-6H2/t7-,9?/m0/s1. The molecule has 2 nitrogen and oxygen atoms in total. The van der Waals surface area contributed by atoms with Crippen molar-refractivity contribution in [1.29, 1.82) is 0 Å². The van der Waals surface area contributed by atoms with Gasteiger partial charge < -0.3 is 9.84 Å². The van der Waals surface area contributed by atoms with E-state index >= 15 is 0 Å². The summed E-state index contributed by atoms with van der Waals surface area (Å²) < 4.78 is 40.3. The van der Waals surface area contributed by atoms with E-state index in [2.05, 4.69) is 4.74 Å². The summed E-state index contributed by atoms with van der Waals surface area (Å²) in [5, 5.41) is 8.90. The Morgan fingerprint density at radius 2 is 2.00 bits per heavy atom. The fraction of sp³-hybridized carbons (Fsp3) is 0.455. The SMILES string of the molecule is OC[C@@H]1CC1c1ccccc1OC(F)(F)F. The molecular formula is C11H11F3O2. The highest BCUT2D eigenvalue weighted by Gasteiger charge is 2.41. The summed E-state index contributed by atoms with van der Waals surface area (Å²) in [4.78, 5) is 0. The Morgan fingerprint density at radius 3 is 2.56 bits per heavy atom. The van der Waals surface area contributed by atoms with Crippen molar-refractivity contribution in [2.75, 3.05) is 6.61 Å². The molecule has 1 aliphatic rings. The van der Waals surface area contributed by atoms with Gasteiger partial charge in [-0.15, -0.1) is 13.2 Å². The summed E-state index contributed by atoms with van der Waals surface area (Å²) >= 11 is 0. The van der Waals surface area contributed by atoms with Crippen LogP contribution in [0.15, 0.2) is 24.3 Å². The van der Waals surface area contributed by atoms with Gasteiger partial charge >= 0.3 is 6.36 Å². The normalized spacial score (nSPS) is 24.2. The zero-order valence-corrected chi connectivity index (χ0v) is 8.37. The van der Waals surface area contributed by atoms with Crippen molar-refractivity contribution in [3.05, 3.63) is 29.8 Å². The summed E-state index contributed by atoms with van der Waals surface area (Å²) in [5.41, 5.74) is 0.527. The van der Waals surface area contributed by atoms with Crippen LogP contribution in [0, 0.1) is 5.92 Å². The molecule has 0 aliphatic heterocycles. The number of benzene rings is 1. The van der Waals surface area contributed by atoms with Gasteiger partial charge in [0.15, 0.2) is 0 Å². The molecule has 0 radical (unpaired) electrons. The number of aliphatic hydroxyl groups excluding tert-OH is 1. The molecule has 0 bridgehead atoms. The maximum atomic E-state index is 12.1. The van der Waals surface area contributed by atoms with Crippen LogP contribution in [0.3, 0.4) is 0 Å². The van der Waals surface area contributed by atoms with Gasteiger partial charge in [-0.3, -0.25) is 0 Å². The van der Waals surface area contributed by atoms with E-state index in [-0.39, 0.29) is 24.2 Å². The van der Waals surface area contributed by atoms with Gasteiger partial charge in [-0.25, -0.2) is 0 Å². The quantitative estimate of drug-likeness (QED) is 0.868. The smallest absolute Gasteiger partial charge is 0.405 e. The summed E-state index contributed by atoms with van der Waals surface area (Å²) in [6, 6.07) is 6.09. The van der Waals surface area contributed by atoms with E-state index < -0.39 is 6.36 Å². The zero-order chi connectivity index (χ0) is 11.8. The van der Waals surface area contributed by atoms with Crippen molar-refractivity contribution in [3.63, 3.8) is 0 Å². The molecule has 1 saturated carbocycles. The van der Waals surface area contributed by atoms with Gasteiger partial charge in [0.25, 0.3) is 0 Å². The van der Waals surface area contributed by atoms with Crippen LogP contribution >= 0.6 is 0 Å². The topological polar surface area (TPSA) is 29.5 Å². The van der Waals surface area contributed by atoms with Crippen molar-refractivity contribution < 1.29 is 23.0 Å². The first-order valence-electron chi connectivity index (χ1n) is 4.97. The Labute approximate surface area is 90.7 Å². The molecule has 1 fully saturated rings. The van der Waals surface area contributed by atoms with Crippen LogP contribution in [0.1, 0.15) is 17.9 Å². The zero-order valence-electron chi connectivity index (χ0n) is 8.37. The first-order chi connectivity index (χ1) is 7.51. The molecule has 1 unspecified atom stereocenters. The fourth-order valence-electron chi connectivity index (χ4n) is 1.83. The van der Waals surface area contributed by atoms with Gasteiger partial charge in [-0.05, 0) is 29.9 Å². The molecule has 1 aliphatic carbocycles. The molecule has 0 saturated heterocycles. The van der Waals surface area contributed by atoms with Crippen molar-refractivity contribution in [3.8, 4) is 5.75 Å². The lowest BCUT2D eigenvalue weighted by molar-refractivity contribution is -0.274. The average Bonchev–Trinajstić information content (AvgIpc) is 2.95. The van der Waals surface area contributed by atoms with Crippen LogP contribution in [0.2, 0.25) is 0 Å². The minimum absolute atomic E-state index is 0.00498. The highest BCUT2D eigenvalue weighted by atomic mass is 19.4. The fourth-order valence-corrected chi connectivity index (χ4v) is 1.83. The van der Waals surface area contributed by atoms with Crippen LogP contribution < -0.4 is 4.74 Å². The van der Waals surface area contributed by atoms with Gasteiger partial charge in [0.05, 0.1) is 0 Å². The van der Waals surface area contributed by atoms with E-state index in [9.17, 15) is 13.2 Å². The van der Waals surface area contributed by atoms with E-state index in [1.807, 2.05) is 0 Å². The molecule has 0 amide bonds. The van der Waals surface area contributed by atoms with Crippen LogP contribution in [0.4, 0.5) is 13.2 Å². The van der Waals surface area contributed by atoms with E-state index in [0.717, 1.165) is 0 Å². The Bertz CT molecular complexity index is 376. The van der Waals surface area contributed by atoms with Gasteiger partial charge in [-0.1, -0.05) is 18.2 Å². The monoisotopic (exact) mass is 232 g/mol. The molecular weight excluding hydrogens is 221 g/mol. The number of para-hydroxylation sites is 1. The van der Waals surface area contributed by atoms with E-state index in [1.165, 1.54) is 12.1 Å². The van der Waals surface area contributed by atoms with Gasteiger partial charge in [-0.2, -0.15) is 0 Å². The number of ether oxygens (including phenoxy) is 1. The van der Waals surface area contributed by atoms with Crippen LogP contribution in [0.5, 0.6) is 5.75 Å². The minimum Gasteiger partial charge on any atom is -0.405 e. The summed E-state index contributed by atoms with van der Waals surface area (Å²) in [7, 11) is 0. The molecule has 2 rings (SSSR count). The van der Waals surface area contributed by atoms with E-state index in [1.54, 1.807) is 12.1 Å². The Balaban J connectivity index is 2.19. The van der Waals surface area contributed by atoms with Crippen molar-refractivity contribution in [2.45, 2.75) is 18.7 Å². The number of halogens is 3. The van der Waals surface area contributed by atoms with Crippen LogP contribution in [-0.2, 0) is 0 Å². The third-order valence-corrected chi connectivity index (χ3v) is 2.70. The summed E-state index contributed by atoms with van der Waals surface area (Å²) in [6.07, 6.45) is -3.95. The third-order valence-electron chi connectivity index (χ3n) is 2.70. The largest absolute Gasteiger partial charge is 0.573 e. The van der Waals surface area contributed by atoms with E-state index in [0.29, 0.717) is 12.0 Å². The third kappa shape index (κ3) is 2.47. The predicted molar refractivity (Wildman–Crippen MR) is 51.1 cm³/mol.